The van der Waals surface area contributed by atoms with Crippen molar-refractivity contribution in [2.45, 2.75) is 60.2 Å². The van der Waals surface area contributed by atoms with Gasteiger partial charge in [0, 0.05) is 5.56 Å². The Kier molecular flexibility index (Phi) is 5.31. The summed E-state index contributed by atoms with van der Waals surface area (Å²) >= 11 is 0. The smallest absolute Gasteiger partial charge is 0.134 e. The van der Waals surface area contributed by atoms with Crippen LogP contribution in [-0.2, 0) is 11.3 Å². The average molecular weight is 339 g/mol. The summed E-state index contributed by atoms with van der Waals surface area (Å²) in [6, 6.07) is 11.1. The molecular weight excluding hydrogens is 306 g/mol. The lowest BCUT2D eigenvalue weighted by Gasteiger charge is -2.37. The molecule has 1 unspecified atom stereocenters. The van der Waals surface area contributed by atoms with Crippen LogP contribution < -0.4 is 4.90 Å². The van der Waals surface area contributed by atoms with Gasteiger partial charge in [0.25, 0.3) is 0 Å². The molecule has 2 aromatic carbocycles. The Morgan fingerprint density at radius 2 is 1.44 bits per heavy atom. The molecule has 2 nitrogen and oxygen atoms in total. The third-order valence-corrected chi connectivity index (χ3v) is 6.51. The van der Waals surface area contributed by atoms with Crippen molar-refractivity contribution in [1.82, 2.24) is 0 Å². The van der Waals surface area contributed by atoms with Gasteiger partial charge in [-0.2, -0.15) is 0 Å². The molecule has 0 saturated carbocycles. The maximum Gasteiger partial charge on any atom is 0.134 e. The largest absolute Gasteiger partial charge is 0.361 e. The Labute approximate surface area is 152 Å². The molecule has 3 atom stereocenters. The maximum absolute atomic E-state index is 6.15. The van der Waals surface area contributed by atoms with Crippen molar-refractivity contribution in [1.29, 1.82) is 0 Å². The minimum absolute atomic E-state index is 0.193. The van der Waals surface area contributed by atoms with Gasteiger partial charge in [-0.15, -0.1) is 0 Å². The number of hydrogen-bond donors (Lipinski definition) is 1. The molecule has 1 aliphatic heterocycles. The highest BCUT2D eigenvalue weighted by Gasteiger charge is 2.34. The van der Waals surface area contributed by atoms with E-state index in [4.69, 9.17) is 4.74 Å². The van der Waals surface area contributed by atoms with Crippen molar-refractivity contribution >= 4 is 0 Å². The number of benzene rings is 2. The van der Waals surface area contributed by atoms with Gasteiger partial charge in [-0.25, -0.2) is 0 Å². The quantitative estimate of drug-likeness (QED) is 0.899. The fourth-order valence-corrected chi connectivity index (χ4v) is 4.25. The zero-order valence-electron chi connectivity index (χ0n) is 16.6. The lowest BCUT2D eigenvalue weighted by molar-refractivity contribution is -0.950. The van der Waals surface area contributed by atoms with Gasteiger partial charge in [0.15, 0.2) is 0 Å². The summed E-state index contributed by atoms with van der Waals surface area (Å²) in [7, 11) is 0. The van der Waals surface area contributed by atoms with Crippen molar-refractivity contribution in [2.75, 3.05) is 13.2 Å². The molecule has 25 heavy (non-hydrogen) atoms. The van der Waals surface area contributed by atoms with E-state index in [1.807, 2.05) is 0 Å². The van der Waals surface area contributed by atoms with Crippen LogP contribution in [0.1, 0.15) is 52.0 Å². The normalized spacial score (nSPS) is 23.7. The lowest BCUT2D eigenvalue weighted by Crippen LogP contribution is -3.16. The van der Waals surface area contributed by atoms with Crippen LogP contribution >= 0.6 is 0 Å². The molecule has 1 aliphatic rings. The van der Waals surface area contributed by atoms with Gasteiger partial charge in [0.05, 0.1) is 6.61 Å². The van der Waals surface area contributed by atoms with Gasteiger partial charge < -0.3 is 9.64 Å². The van der Waals surface area contributed by atoms with Crippen LogP contribution in [0, 0.1) is 34.6 Å². The van der Waals surface area contributed by atoms with E-state index in [9.17, 15) is 0 Å². The summed E-state index contributed by atoms with van der Waals surface area (Å²) < 4.78 is 6.15. The van der Waals surface area contributed by atoms with Gasteiger partial charge in [-0.1, -0.05) is 30.3 Å². The molecule has 2 heteroatoms. The van der Waals surface area contributed by atoms with E-state index < -0.39 is 0 Å². The summed E-state index contributed by atoms with van der Waals surface area (Å²) in [5, 5.41) is 0. The summed E-state index contributed by atoms with van der Waals surface area (Å²) in [6.45, 7) is 16.7. The highest BCUT2D eigenvalue weighted by atomic mass is 16.5. The van der Waals surface area contributed by atoms with Gasteiger partial charge in [-0.05, 0) is 74.9 Å². The van der Waals surface area contributed by atoms with Gasteiger partial charge in [-0.3, -0.25) is 0 Å². The molecule has 0 amide bonds. The predicted octanol–water partition coefficient (Wildman–Crippen LogP) is 3.77. The summed E-state index contributed by atoms with van der Waals surface area (Å²) in [5.74, 6) is 0. The van der Waals surface area contributed by atoms with E-state index in [1.165, 1.54) is 38.9 Å². The molecule has 134 valence electrons. The van der Waals surface area contributed by atoms with E-state index >= 15 is 0 Å². The minimum atomic E-state index is 0.193. The number of hydrogen-bond acceptors (Lipinski definition) is 1. The van der Waals surface area contributed by atoms with E-state index in [2.05, 4.69) is 71.9 Å². The third-order valence-electron chi connectivity index (χ3n) is 6.51. The number of ether oxygens (including phenoxy) is 1. The van der Waals surface area contributed by atoms with Gasteiger partial charge in [0.2, 0.25) is 0 Å². The van der Waals surface area contributed by atoms with Crippen LogP contribution in [0.4, 0.5) is 0 Å². The molecule has 1 fully saturated rings. The molecular formula is C23H32NO+. The Morgan fingerprint density at radius 1 is 0.880 bits per heavy atom. The second-order valence-electron chi connectivity index (χ2n) is 7.68. The number of nitrogens with one attached hydrogen (secondary N) is 1. The lowest BCUT2D eigenvalue weighted by atomic mass is 9.89. The van der Waals surface area contributed by atoms with Crippen LogP contribution in [0.3, 0.4) is 0 Å². The molecule has 1 heterocycles. The first kappa shape index (κ1) is 18.2. The number of rotatable bonds is 3. The van der Waals surface area contributed by atoms with Crippen molar-refractivity contribution < 1.29 is 9.64 Å². The standard InChI is InChI=1S/C23H31NO/c1-15-16(2)18(4)22(19(5)17(15)3)14-24-12-13-25-23(20(24)6)21-10-8-7-9-11-21/h7-11,20,23H,12-14H2,1-6H3/p+1/t20-,23-/m1/s1. The van der Waals surface area contributed by atoms with Crippen LogP contribution in [0.2, 0.25) is 0 Å². The van der Waals surface area contributed by atoms with Gasteiger partial charge >= 0.3 is 0 Å². The van der Waals surface area contributed by atoms with Crippen molar-refractivity contribution in [3.05, 3.63) is 69.3 Å². The molecule has 0 radical (unpaired) electrons. The first-order chi connectivity index (χ1) is 11.9. The fraction of sp³-hybridized carbons (Fsp3) is 0.478. The highest BCUT2D eigenvalue weighted by Crippen LogP contribution is 2.26. The Balaban J connectivity index is 1.88. The summed E-state index contributed by atoms with van der Waals surface area (Å²) in [6.07, 6.45) is 0.193. The first-order valence-corrected chi connectivity index (χ1v) is 9.48. The molecule has 0 aliphatic carbocycles. The second kappa shape index (κ2) is 7.31. The topological polar surface area (TPSA) is 13.7 Å². The molecule has 3 rings (SSSR count). The number of quaternary nitrogens is 1. The molecule has 2 aromatic rings. The van der Waals surface area contributed by atoms with E-state index in [1.54, 1.807) is 4.90 Å². The van der Waals surface area contributed by atoms with Crippen molar-refractivity contribution in [3.8, 4) is 0 Å². The maximum atomic E-state index is 6.15. The zero-order valence-corrected chi connectivity index (χ0v) is 16.6. The van der Waals surface area contributed by atoms with E-state index in [0.717, 1.165) is 19.7 Å². The van der Waals surface area contributed by atoms with Crippen LogP contribution in [0.15, 0.2) is 30.3 Å². The third kappa shape index (κ3) is 3.38. The number of morpholine rings is 1. The summed E-state index contributed by atoms with van der Waals surface area (Å²) in [4.78, 5) is 1.63. The van der Waals surface area contributed by atoms with Crippen molar-refractivity contribution in [2.24, 2.45) is 0 Å². The zero-order chi connectivity index (χ0) is 18.1. The molecule has 0 bridgehead atoms. The first-order valence-electron chi connectivity index (χ1n) is 9.48. The average Bonchev–Trinajstić information content (AvgIpc) is 2.64. The van der Waals surface area contributed by atoms with E-state index in [-0.39, 0.29) is 6.10 Å². The highest BCUT2D eigenvalue weighted by molar-refractivity contribution is 5.49. The molecule has 0 spiro atoms. The SMILES string of the molecule is Cc1c(C)c(C)c(C[NH+]2CCO[C@@H](c3ccccc3)[C@H]2C)c(C)c1C. The van der Waals surface area contributed by atoms with E-state index in [0.29, 0.717) is 6.04 Å². The van der Waals surface area contributed by atoms with Crippen molar-refractivity contribution in [3.63, 3.8) is 0 Å². The molecule has 1 N–H and O–H groups in total. The van der Waals surface area contributed by atoms with Crippen LogP contribution in [0.25, 0.3) is 0 Å². The Hall–Kier alpha value is -1.64. The Bertz CT molecular complexity index is 721. The second-order valence-corrected chi connectivity index (χ2v) is 7.68. The molecule has 0 aromatic heterocycles. The van der Waals surface area contributed by atoms with Crippen LogP contribution in [-0.4, -0.2) is 19.2 Å². The monoisotopic (exact) mass is 338 g/mol. The summed E-state index contributed by atoms with van der Waals surface area (Å²) in [5.41, 5.74) is 10.2. The van der Waals surface area contributed by atoms with Gasteiger partial charge in [0.1, 0.15) is 25.2 Å². The van der Waals surface area contributed by atoms with Crippen LogP contribution in [0.5, 0.6) is 0 Å². The minimum Gasteiger partial charge on any atom is -0.361 e. The molecule has 1 saturated heterocycles. The fourth-order valence-electron chi connectivity index (χ4n) is 4.25. The predicted molar refractivity (Wildman–Crippen MR) is 104 cm³/mol. The Morgan fingerprint density at radius 3 is 2.04 bits per heavy atom.